The summed E-state index contributed by atoms with van der Waals surface area (Å²) in [5, 5.41) is 5.32. The van der Waals surface area contributed by atoms with Crippen LogP contribution in [-0.2, 0) is 16.0 Å². The third-order valence-corrected chi connectivity index (χ3v) is 3.31. The Kier molecular flexibility index (Phi) is 6.48. The van der Waals surface area contributed by atoms with Gasteiger partial charge in [0, 0.05) is 12.6 Å². The number of rotatable bonds is 7. The van der Waals surface area contributed by atoms with Crippen LogP contribution in [0, 0.1) is 0 Å². The lowest BCUT2D eigenvalue weighted by Gasteiger charge is -2.12. The van der Waals surface area contributed by atoms with Crippen molar-refractivity contribution in [2.45, 2.75) is 20.0 Å². The van der Waals surface area contributed by atoms with Crippen LogP contribution in [0.15, 0.2) is 42.5 Å². The zero-order valence-corrected chi connectivity index (χ0v) is 14.2. The lowest BCUT2D eigenvalue weighted by Crippen LogP contribution is -2.15. The van der Waals surface area contributed by atoms with Gasteiger partial charge in [-0.3, -0.25) is 9.59 Å². The molecular weight excluding hydrogens is 346 g/mol. The van der Waals surface area contributed by atoms with Gasteiger partial charge in [0.05, 0.1) is 19.2 Å². The Morgan fingerprint density at radius 3 is 2.35 bits per heavy atom. The van der Waals surface area contributed by atoms with Gasteiger partial charge in [-0.25, -0.2) is 0 Å². The normalized spacial score (nSPS) is 10.3. The van der Waals surface area contributed by atoms with Crippen molar-refractivity contribution < 1.29 is 27.8 Å². The summed E-state index contributed by atoms with van der Waals surface area (Å²) in [6.45, 7) is -1.52. The molecule has 2 aromatic rings. The molecule has 138 valence electrons. The molecule has 6 nitrogen and oxygen atoms in total. The van der Waals surface area contributed by atoms with E-state index in [1.54, 1.807) is 18.2 Å². The zero-order chi connectivity index (χ0) is 19.1. The molecule has 0 fully saturated rings. The van der Waals surface area contributed by atoms with Crippen LogP contribution in [0.4, 0.5) is 20.2 Å². The maximum atomic E-state index is 12.2. The van der Waals surface area contributed by atoms with Gasteiger partial charge in [0.2, 0.25) is 11.8 Å². The lowest BCUT2D eigenvalue weighted by molar-refractivity contribution is -0.116. The topological polar surface area (TPSA) is 76.7 Å². The quantitative estimate of drug-likeness (QED) is 0.789. The van der Waals surface area contributed by atoms with Crippen molar-refractivity contribution >= 4 is 23.2 Å². The fourth-order valence-electron chi connectivity index (χ4n) is 2.26. The molecule has 2 amide bonds. The van der Waals surface area contributed by atoms with Gasteiger partial charge in [-0.2, -0.15) is 8.78 Å². The van der Waals surface area contributed by atoms with Crippen LogP contribution in [0.1, 0.15) is 12.5 Å². The first-order chi connectivity index (χ1) is 12.4. The van der Waals surface area contributed by atoms with E-state index < -0.39 is 6.61 Å². The molecule has 0 saturated carbocycles. The number of hydrogen-bond donors (Lipinski definition) is 2. The lowest BCUT2D eigenvalue weighted by atomic mass is 10.1. The fraction of sp³-hybridized carbons (Fsp3) is 0.222. The van der Waals surface area contributed by atoms with Crippen LogP contribution in [0.5, 0.6) is 11.5 Å². The van der Waals surface area contributed by atoms with E-state index in [9.17, 15) is 18.4 Å². The minimum atomic E-state index is -2.90. The second-order valence-corrected chi connectivity index (χ2v) is 5.34. The molecule has 2 rings (SSSR count). The van der Waals surface area contributed by atoms with Gasteiger partial charge < -0.3 is 20.1 Å². The number of hydrogen-bond acceptors (Lipinski definition) is 4. The maximum Gasteiger partial charge on any atom is 0.387 e. The van der Waals surface area contributed by atoms with E-state index in [2.05, 4.69) is 15.4 Å². The number of benzene rings is 2. The SMILES string of the molecule is COc1ccc(NC(C)=O)cc1NC(=O)Cc1ccc(OC(F)F)cc1. The molecule has 0 spiro atoms. The number of alkyl halides is 2. The molecule has 0 radical (unpaired) electrons. The number of anilines is 2. The Morgan fingerprint density at radius 1 is 1.08 bits per heavy atom. The molecule has 0 aliphatic carbocycles. The zero-order valence-electron chi connectivity index (χ0n) is 14.2. The molecule has 2 N–H and O–H groups in total. The highest BCUT2D eigenvalue weighted by Gasteiger charge is 2.11. The first kappa shape index (κ1) is 19.2. The molecular formula is C18H18F2N2O4. The first-order valence-electron chi connectivity index (χ1n) is 7.66. The molecule has 2 aromatic carbocycles. The molecule has 0 unspecified atom stereocenters. The van der Waals surface area contributed by atoms with E-state index >= 15 is 0 Å². The Morgan fingerprint density at radius 2 is 1.77 bits per heavy atom. The van der Waals surface area contributed by atoms with Gasteiger partial charge in [0.15, 0.2) is 0 Å². The monoisotopic (exact) mass is 364 g/mol. The molecule has 0 aliphatic rings. The Labute approximate surface area is 149 Å². The molecule has 0 bridgehead atoms. The first-order valence-corrected chi connectivity index (χ1v) is 7.66. The van der Waals surface area contributed by atoms with Crippen LogP contribution in [0.25, 0.3) is 0 Å². The van der Waals surface area contributed by atoms with Gasteiger partial charge >= 0.3 is 6.61 Å². The molecule has 0 aromatic heterocycles. The van der Waals surface area contributed by atoms with Gasteiger partial charge in [-0.15, -0.1) is 0 Å². The van der Waals surface area contributed by atoms with Gasteiger partial charge in [-0.05, 0) is 35.9 Å². The summed E-state index contributed by atoms with van der Waals surface area (Å²) in [5.74, 6) is -0.105. The molecule has 0 atom stereocenters. The largest absolute Gasteiger partial charge is 0.495 e. The van der Waals surface area contributed by atoms with E-state index in [1.165, 1.54) is 38.3 Å². The smallest absolute Gasteiger partial charge is 0.387 e. The van der Waals surface area contributed by atoms with E-state index in [4.69, 9.17) is 4.74 Å². The van der Waals surface area contributed by atoms with Crippen LogP contribution in [-0.4, -0.2) is 25.5 Å². The molecule has 0 saturated heterocycles. The predicted molar refractivity (Wildman–Crippen MR) is 92.7 cm³/mol. The van der Waals surface area contributed by atoms with E-state index in [0.29, 0.717) is 22.7 Å². The number of carbonyl (C=O) groups excluding carboxylic acids is 2. The molecule has 0 heterocycles. The van der Waals surface area contributed by atoms with E-state index in [1.807, 2.05) is 0 Å². The van der Waals surface area contributed by atoms with Crippen molar-refractivity contribution in [2.24, 2.45) is 0 Å². The van der Waals surface area contributed by atoms with Crippen molar-refractivity contribution in [3.63, 3.8) is 0 Å². The summed E-state index contributed by atoms with van der Waals surface area (Å²) in [4.78, 5) is 23.4. The highest BCUT2D eigenvalue weighted by atomic mass is 19.3. The Bertz CT molecular complexity index is 779. The predicted octanol–water partition coefficient (Wildman–Crippen LogP) is 3.44. The summed E-state index contributed by atoms with van der Waals surface area (Å²) in [6.07, 6.45) is 0.0302. The van der Waals surface area contributed by atoms with Crippen LogP contribution in [0.3, 0.4) is 0 Å². The third kappa shape index (κ3) is 5.73. The van der Waals surface area contributed by atoms with Crippen molar-refractivity contribution in [1.29, 1.82) is 0 Å². The summed E-state index contributed by atoms with van der Waals surface area (Å²) in [7, 11) is 1.46. The summed E-state index contributed by atoms with van der Waals surface area (Å²) in [6, 6.07) is 10.6. The number of ether oxygens (including phenoxy) is 2. The molecule has 8 heteroatoms. The number of methoxy groups -OCH3 is 1. The average molecular weight is 364 g/mol. The number of nitrogens with one attached hydrogen (secondary N) is 2. The standard InChI is InChI=1S/C18H18F2N2O4/c1-11(23)21-13-5-8-16(25-2)15(10-13)22-17(24)9-12-3-6-14(7-4-12)26-18(19)20/h3-8,10,18H,9H2,1-2H3,(H,21,23)(H,22,24). The van der Waals surface area contributed by atoms with Crippen molar-refractivity contribution in [1.82, 2.24) is 0 Å². The fourth-order valence-corrected chi connectivity index (χ4v) is 2.26. The van der Waals surface area contributed by atoms with Crippen LogP contribution in [0.2, 0.25) is 0 Å². The second-order valence-electron chi connectivity index (χ2n) is 5.34. The number of halogens is 2. The van der Waals surface area contributed by atoms with Gasteiger partial charge in [-0.1, -0.05) is 12.1 Å². The van der Waals surface area contributed by atoms with Crippen molar-refractivity contribution in [2.75, 3.05) is 17.7 Å². The number of amides is 2. The third-order valence-electron chi connectivity index (χ3n) is 3.31. The van der Waals surface area contributed by atoms with E-state index in [-0.39, 0.29) is 24.0 Å². The van der Waals surface area contributed by atoms with Crippen molar-refractivity contribution in [3.05, 3.63) is 48.0 Å². The Balaban J connectivity index is 2.05. The molecule has 26 heavy (non-hydrogen) atoms. The summed E-state index contributed by atoms with van der Waals surface area (Å²) in [5.41, 5.74) is 1.55. The maximum absolute atomic E-state index is 12.2. The Hall–Kier alpha value is -3.16. The highest BCUT2D eigenvalue weighted by Crippen LogP contribution is 2.28. The number of carbonyl (C=O) groups is 2. The minimum absolute atomic E-state index is 0.0221. The van der Waals surface area contributed by atoms with Gasteiger partial charge in [0.1, 0.15) is 11.5 Å². The van der Waals surface area contributed by atoms with Crippen LogP contribution >= 0.6 is 0 Å². The van der Waals surface area contributed by atoms with Crippen molar-refractivity contribution in [3.8, 4) is 11.5 Å². The molecule has 0 aliphatic heterocycles. The average Bonchev–Trinajstić information content (AvgIpc) is 2.56. The van der Waals surface area contributed by atoms with Crippen LogP contribution < -0.4 is 20.1 Å². The minimum Gasteiger partial charge on any atom is -0.495 e. The highest BCUT2D eigenvalue weighted by molar-refractivity contribution is 5.95. The van der Waals surface area contributed by atoms with Gasteiger partial charge in [0.25, 0.3) is 0 Å². The van der Waals surface area contributed by atoms with E-state index in [0.717, 1.165) is 0 Å². The second kappa shape index (κ2) is 8.80. The summed E-state index contributed by atoms with van der Waals surface area (Å²) >= 11 is 0. The summed E-state index contributed by atoms with van der Waals surface area (Å²) < 4.78 is 33.7.